The Kier molecular flexibility index (Phi) is 10.8. The second kappa shape index (κ2) is 15.4. The number of hydrogen-bond donors (Lipinski definition) is 2. The molecule has 0 atom stereocenters. The molecule has 8 nitrogen and oxygen atoms in total. The summed E-state index contributed by atoms with van der Waals surface area (Å²) in [5.74, 6) is 1.03. The molecule has 0 aliphatic carbocycles. The Labute approximate surface area is 276 Å². The van der Waals surface area contributed by atoms with Crippen LogP contribution in [0.1, 0.15) is 69.1 Å². The van der Waals surface area contributed by atoms with Gasteiger partial charge in [0.25, 0.3) is 5.56 Å². The first-order chi connectivity index (χ1) is 22.8. The summed E-state index contributed by atoms with van der Waals surface area (Å²) >= 11 is 0. The van der Waals surface area contributed by atoms with E-state index in [1.165, 1.54) is 0 Å². The first kappa shape index (κ1) is 33.1. The summed E-state index contributed by atoms with van der Waals surface area (Å²) in [5.41, 5.74) is 5.66. The number of unbranched alkanes of at least 4 members (excludes halogenated alkanes) is 1. The number of allylic oxidation sites excluding steroid dienone is 1. The van der Waals surface area contributed by atoms with Crippen molar-refractivity contribution in [2.24, 2.45) is 0 Å². The Hall–Kier alpha value is -5.24. The van der Waals surface area contributed by atoms with Gasteiger partial charge >= 0.3 is 6.03 Å². The number of anilines is 2. The number of pyridine rings is 3. The minimum Gasteiger partial charge on any atom is -0.493 e. The maximum atomic E-state index is 14.3. The van der Waals surface area contributed by atoms with Gasteiger partial charge in [0.1, 0.15) is 17.1 Å². The van der Waals surface area contributed by atoms with E-state index in [4.69, 9.17) is 4.74 Å². The summed E-state index contributed by atoms with van der Waals surface area (Å²) in [7, 11) is 0. The molecule has 0 radical (unpaired) electrons. The van der Waals surface area contributed by atoms with Crippen LogP contribution < -0.4 is 20.9 Å². The van der Waals surface area contributed by atoms with Crippen molar-refractivity contribution < 1.29 is 9.53 Å². The number of hydrogen-bond acceptors (Lipinski definition) is 5. The number of nitrogens with zero attached hydrogens (tertiary/aromatic N) is 3. The lowest BCUT2D eigenvalue weighted by Gasteiger charge is -2.22. The van der Waals surface area contributed by atoms with E-state index in [1.54, 1.807) is 17.0 Å². The summed E-state index contributed by atoms with van der Waals surface area (Å²) in [6.45, 7) is 13.1. The number of ether oxygens (including phenoxy) is 1. The topological polar surface area (TPSA) is 98.1 Å². The van der Waals surface area contributed by atoms with Crippen LogP contribution in [0, 0.1) is 0 Å². The highest BCUT2D eigenvalue weighted by molar-refractivity contribution is 6.07. The minimum atomic E-state index is -0.483. The highest BCUT2D eigenvalue weighted by Crippen LogP contribution is 2.36. The van der Waals surface area contributed by atoms with E-state index in [2.05, 4.69) is 54.9 Å². The predicted molar refractivity (Wildman–Crippen MR) is 192 cm³/mol. The second-order valence-electron chi connectivity index (χ2n) is 12.2. The van der Waals surface area contributed by atoms with Gasteiger partial charge in [-0.25, -0.2) is 9.78 Å². The first-order valence-corrected chi connectivity index (χ1v) is 16.2. The van der Waals surface area contributed by atoms with Crippen molar-refractivity contribution in [2.75, 3.05) is 17.2 Å². The normalized spacial score (nSPS) is 11.2. The monoisotopic (exact) mass is 629 g/mol. The lowest BCUT2D eigenvalue weighted by atomic mass is 9.93. The highest BCUT2D eigenvalue weighted by atomic mass is 16.5. The summed E-state index contributed by atoms with van der Waals surface area (Å²) in [5, 5.41) is 6.85. The van der Waals surface area contributed by atoms with Gasteiger partial charge in [-0.3, -0.25) is 14.3 Å². The molecular weight excluding hydrogens is 586 g/mol. The molecule has 8 heteroatoms. The van der Waals surface area contributed by atoms with E-state index in [0.717, 1.165) is 39.7 Å². The van der Waals surface area contributed by atoms with Crippen LogP contribution in [0.15, 0.2) is 103 Å². The van der Waals surface area contributed by atoms with Gasteiger partial charge in [-0.05, 0) is 77.3 Å². The fourth-order valence-corrected chi connectivity index (χ4v) is 5.82. The molecule has 2 aromatic carbocycles. The molecule has 0 fully saturated rings. The van der Waals surface area contributed by atoms with Gasteiger partial charge in [-0.15, -0.1) is 6.58 Å². The summed E-state index contributed by atoms with van der Waals surface area (Å²) in [4.78, 5) is 37.0. The average molecular weight is 630 g/mol. The smallest absolute Gasteiger partial charge is 0.323 e. The third-order valence-corrected chi connectivity index (χ3v) is 8.17. The number of aromatic nitrogens is 3. The van der Waals surface area contributed by atoms with Crippen LogP contribution >= 0.6 is 0 Å². The fourth-order valence-electron chi connectivity index (χ4n) is 5.82. The van der Waals surface area contributed by atoms with E-state index >= 15 is 0 Å². The lowest BCUT2D eigenvalue weighted by molar-refractivity contribution is 0.262. The zero-order valence-electron chi connectivity index (χ0n) is 27.6. The zero-order chi connectivity index (χ0) is 33.3. The number of amides is 2. The van der Waals surface area contributed by atoms with Crippen molar-refractivity contribution in [3.05, 3.63) is 125 Å². The number of rotatable bonds is 13. The lowest BCUT2D eigenvalue weighted by Crippen LogP contribution is -2.30. The van der Waals surface area contributed by atoms with Crippen LogP contribution in [0.4, 0.5) is 16.2 Å². The molecule has 3 aromatic heterocycles. The van der Waals surface area contributed by atoms with E-state index in [0.29, 0.717) is 43.0 Å². The number of carbonyl (C=O) groups excluding carboxylic acids is 1. The minimum absolute atomic E-state index is 0.183. The van der Waals surface area contributed by atoms with E-state index < -0.39 is 6.03 Å². The van der Waals surface area contributed by atoms with Crippen LogP contribution in [0.2, 0.25) is 0 Å². The van der Waals surface area contributed by atoms with Crippen LogP contribution in [0.5, 0.6) is 5.75 Å². The van der Waals surface area contributed by atoms with Gasteiger partial charge in [0, 0.05) is 48.2 Å². The third-order valence-electron chi connectivity index (χ3n) is 8.17. The standard InChI is InChI=1S/C39H43N5O3/c1-6-7-8-22-44-37-33(18-12-21-41-37)34(29-14-9-15-30(24-29)47-23-19-28-13-11-20-40-25-28)36(38(44)45)43-39(46)42-35-31(26(2)3)16-10-17-32(35)27(4)5/h6,9-18,20-21,24-27H,1,7-8,19,22-23H2,2-5H3,(H2,42,43,46). The molecule has 0 saturated heterocycles. The Balaban J connectivity index is 1.58. The molecule has 0 bridgehead atoms. The Bertz CT molecular complexity index is 1890. The first-order valence-electron chi connectivity index (χ1n) is 16.2. The van der Waals surface area contributed by atoms with E-state index in [-0.39, 0.29) is 23.1 Å². The zero-order valence-corrected chi connectivity index (χ0v) is 27.6. The Morgan fingerprint density at radius 3 is 2.36 bits per heavy atom. The summed E-state index contributed by atoms with van der Waals surface area (Å²) in [6.07, 6.45) is 9.25. The van der Waals surface area contributed by atoms with Crippen LogP contribution in [0.3, 0.4) is 0 Å². The molecular formula is C39H43N5O3. The largest absolute Gasteiger partial charge is 0.493 e. The maximum Gasteiger partial charge on any atom is 0.323 e. The quantitative estimate of drug-likeness (QED) is 0.100. The number of para-hydroxylation sites is 1. The molecule has 242 valence electrons. The van der Waals surface area contributed by atoms with Gasteiger partial charge < -0.3 is 15.4 Å². The van der Waals surface area contributed by atoms with Gasteiger partial charge in [0.2, 0.25) is 0 Å². The average Bonchev–Trinajstić information content (AvgIpc) is 3.07. The molecule has 3 heterocycles. The molecule has 0 unspecified atom stereocenters. The number of benzene rings is 2. The highest BCUT2D eigenvalue weighted by Gasteiger charge is 2.23. The van der Waals surface area contributed by atoms with Crippen molar-refractivity contribution in [3.8, 4) is 16.9 Å². The van der Waals surface area contributed by atoms with Gasteiger partial charge in [-0.1, -0.05) is 70.2 Å². The van der Waals surface area contributed by atoms with E-state index in [1.807, 2.05) is 79.0 Å². The fraction of sp³-hybridized carbons (Fsp3) is 0.282. The maximum absolute atomic E-state index is 14.3. The molecule has 0 saturated carbocycles. The molecule has 2 amide bonds. The number of fused-ring (bicyclic) bond motifs is 1. The third kappa shape index (κ3) is 7.77. The number of urea groups is 1. The Morgan fingerprint density at radius 1 is 0.936 bits per heavy atom. The molecule has 5 aromatic rings. The second-order valence-corrected chi connectivity index (χ2v) is 12.2. The van der Waals surface area contributed by atoms with Crippen molar-refractivity contribution in [1.29, 1.82) is 0 Å². The number of aryl methyl sites for hydroxylation is 1. The Morgan fingerprint density at radius 2 is 1.66 bits per heavy atom. The number of carbonyl (C=O) groups is 1. The van der Waals surface area contributed by atoms with Crippen molar-refractivity contribution in [1.82, 2.24) is 14.5 Å². The molecule has 0 aliphatic rings. The van der Waals surface area contributed by atoms with Gasteiger partial charge in [0.05, 0.1) is 6.61 Å². The van der Waals surface area contributed by atoms with Crippen molar-refractivity contribution >= 4 is 28.4 Å². The summed E-state index contributed by atoms with van der Waals surface area (Å²) < 4.78 is 7.79. The SMILES string of the molecule is C=CCCCn1c(=O)c(NC(=O)Nc2c(C(C)C)cccc2C(C)C)c(-c2cccc(OCCc3cccnc3)c2)c2cccnc21. The molecule has 0 aliphatic heterocycles. The molecule has 5 rings (SSSR count). The van der Waals surface area contributed by atoms with Crippen molar-refractivity contribution in [3.63, 3.8) is 0 Å². The van der Waals surface area contributed by atoms with Crippen LogP contribution in [-0.4, -0.2) is 27.2 Å². The van der Waals surface area contributed by atoms with Gasteiger partial charge in [-0.2, -0.15) is 0 Å². The predicted octanol–water partition coefficient (Wildman–Crippen LogP) is 8.94. The van der Waals surface area contributed by atoms with E-state index in [9.17, 15) is 9.59 Å². The molecule has 0 spiro atoms. The van der Waals surface area contributed by atoms with Crippen LogP contribution in [0.25, 0.3) is 22.2 Å². The molecule has 2 N–H and O–H groups in total. The molecule has 47 heavy (non-hydrogen) atoms. The van der Waals surface area contributed by atoms with Crippen LogP contribution in [-0.2, 0) is 13.0 Å². The van der Waals surface area contributed by atoms with Gasteiger partial charge in [0.15, 0.2) is 0 Å². The number of nitrogens with one attached hydrogen (secondary N) is 2. The summed E-state index contributed by atoms with van der Waals surface area (Å²) in [6, 6.07) is 20.9. The van der Waals surface area contributed by atoms with Crippen molar-refractivity contribution in [2.45, 2.75) is 65.3 Å².